The Balaban J connectivity index is 2.08. The van der Waals surface area contributed by atoms with E-state index in [1.54, 1.807) is 4.31 Å². The van der Waals surface area contributed by atoms with Crippen LogP contribution in [0.25, 0.3) is 0 Å². The van der Waals surface area contributed by atoms with Crippen LogP contribution in [0.1, 0.15) is 19.3 Å². The van der Waals surface area contributed by atoms with Crippen LogP contribution in [-0.4, -0.2) is 45.0 Å². The van der Waals surface area contributed by atoms with E-state index >= 15 is 0 Å². The molecule has 22 heavy (non-hydrogen) atoms. The zero-order valence-electron chi connectivity index (χ0n) is 12.2. The van der Waals surface area contributed by atoms with E-state index < -0.39 is 15.8 Å². The number of rotatable bonds is 3. The van der Waals surface area contributed by atoms with Crippen LogP contribution in [0.15, 0.2) is 21.5 Å². The van der Waals surface area contributed by atoms with E-state index in [1.807, 2.05) is 0 Å². The highest BCUT2D eigenvalue weighted by Gasteiger charge is 2.44. The Kier molecular flexibility index (Phi) is 4.46. The molecule has 122 valence electrons. The molecule has 2 aliphatic rings. The minimum absolute atomic E-state index is 0.0265. The first-order valence-corrected chi connectivity index (χ1v) is 9.45. The van der Waals surface area contributed by atoms with Crippen LogP contribution in [0.3, 0.4) is 0 Å². The van der Waals surface area contributed by atoms with Crippen molar-refractivity contribution in [1.82, 2.24) is 9.62 Å². The summed E-state index contributed by atoms with van der Waals surface area (Å²) in [5.74, 6) is -0.454. The van der Waals surface area contributed by atoms with Crippen LogP contribution in [0.4, 0.5) is 4.39 Å². The van der Waals surface area contributed by atoms with E-state index in [0.717, 1.165) is 31.9 Å². The van der Waals surface area contributed by atoms with Gasteiger partial charge in [-0.1, -0.05) is 0 Å². The van der Waals surface area contributed by atoms with E-state index in [2.05, 4.69) is 21.2 Å². The number of nitrogens with one attached hydrogen (secondary N) is 1. The number of fused-ring (bicyclic) bond motifs is 2. The standard InChI is InChI=1S/C14H18BrFN2O3S/c1-21-13-6-11(15)12(16)7-14(13)22(19,20)18-9-2-3-10(18)8-17-5-4-9/h6-7,9-10,17H,2-5,8H2,1H3. The van der Waals surface area contributed by atoms with Gasteiger partial charge in [0.15, 0.2) is 0 Å². The minimum Gasteiger partial charge on any atom is -0.495 e. The zero-order chi connectivity index (χ0) is 15.9. The van der Waals surface area contributed by atoms with Gasteiger partial charge in [-0.05, 0) is 53.9 Å². The molecular weight excluding hydrogens is 375 g/mol. The van der Waals surface area contributed by atoms with Gasteiger partial charge in [0.1, 0.15) is 16.5 Å². The van der Waals surface area contributed by atoms with Crippen LogP contribution < -0.4 is 10.1 Å². The predicted molar refractivity (Wildman–Crippen MR) is 84.0 cm³/mol. The smallest absolute Gasteiger partial charge is 0.247 e. The molecule has 1 N–H and O–H groups in total. The maximum Gasteiger partial charge on any atom is 0.247 e. The molecule has 1 aromatic carbocycles. The summed E-state index contributed by atoms with van der Waals surface area (Å²) in [6.07, 6.45) is 2.46. The molecular formula is C14H18BrFN2O3S. The Morgan fingerprint density at radius 1 is 1.32 bits per heavy atom. The molecule has 0 radical (unpaired) electrons. The summed E-state index contributed by atoms with van der Waals surface area (Å²) in [6, 6.07) is 2.30. The Hall–Kier alpha value is -0.700. The number of benzene rings is 1. The van der Waals surface area contributed by atoms with Crippen molar-refractivity contribution in [3.05, 3.63) is 22.4 Å². The highest BCUT2D eigenvalue weighted by atomic mass is 79.9. The van der Waals surface area contributed by atoms with E-state index in [4.69, 9.17) is 4.74 Å². The fourth-order valence-electron chi connectivity index (χ4n) is 3.32. The third kappa shape index (κ3) is 2.66. The molecule has 2 fully saturated rings. The monoisotopic (exact) mass is 392 g/mol. The number of hydrogen-bond acceptors (Lipinski definition) is 4. The SMILES string of the molecule is COc1cc(Br)c(F)cc1S(=O)(=O)N1C2CCNCC1CC2. The lowest BCUT2D eigenvalue weighted by Crippen LogP contribution is -2.42. The molecule has 0 aromatic heterocycles. The maximum absolute atomic E-state index is 13.9. The number of halogens is 2. The third-order valence-electron chi connectivity index (χ3n) is 4.35. The summed E-state index contributed by atoms with van der Waals surface area (Å²) < 4.78 is 46.9. The van der Waals surface area contributed by atoms with Crippen LogP contribution in [-0.2, 0) is 10.0 Å². The summed E-state index contributed by atoms with van der Waals surface area (Å²) in [6.45, 7) is 1.44. The molecule has 5 nitrogen and oxygen atoms in total. The van der Waals surface area contributed by atoms with Gasteiger partial charge in [-0.25, -0.2) is 12.8 Å². The lowest BCUT2D eigenvalue weighted by atomic mass is 10.1. The highest BCUT2D eigenvalue weighted by molar-refractivity contribution is 9.10. The first-order chi connectivity index (χ1) is 10.4. The molecule has 2 aliphatic heterocycles. The normalized spacial score (nSPS) is 26.0. The van der Waals surface area contributed by atoms with Crippen LogP contribution in [0, 0.1) is 5.82 Å². The van der Waals surface area contributed by atoms with E-state index in [1.165, 1.54) is 13.2 Å². The van der Waals surface area contributed by atoms with Crippen molar-refractivity contribution >= 4 is 26.0 Å². The van der Waals surface area contributed by atoms with Crippen molar-refractivity contribution in [2.45, 2.75) is 36.2 Å². The molecule has 2 atom stereocenters. The van der Waals surface area contributed by atoms with E-state index in [0.29, 0.717) is 6.54 Å². The minimum atomic E-state index is -3.80. The summed E-state index contributed by atoms with van der Waals surface area (Å²) in [4.78, 5) is -0.102. The Morgan fingerprint density at radius 3 is 2.77 bits per heavy atom. The quantitative estimate of drug-likeness (QED) is 0.855. The average molecular weight is 393 g/mol. The third-order valence-corrected chi connectivity index (χ3v) is 6.98. The number of sulfonamides is 1. The van der Waals surface area contributed by atoms with Crippen molar-refractivity contribution in [3.63, 3.8) is 0 Å². The fourth-order valence-corrected chi connectivity index (χ4v) is 5.69. The Morgan fingerprint density at radius 2 is 2.05 bits per heavy atom. The van der Waals surface area contributed by atoms with Gasteiger partial charge in [-0.3, -0.25) is 0 Å². The predicted octanol–water partition coefficient (Wildman–Crippen LogP) is 2.11. The van der Waals surface area contributed by atoms with Crippen molar-refractivity contribution in [2.24, 2.45) is 0 Å². The van der Waals surface area contributed by atoms with Crippen LogP contribution in [0.5, 0.6) is 5.75 Å². The molecule has 3 rings (SSSR count). The second kappa shape index (κ2) is 6.07. The summed E-state index contributed by atoms with van der Waals surface area (Å²) >= 11 is 3.06. The van der Waals surface area contributed by atoms with Gasteiger partial charge in [0.2, 0.25) is 10.0 Å². The largest absolute Gasteiger partial charge is 0.495 e. The molecule has 2 heterocycles. The molecule has 2 saturated heterocycles. The first kappa shape index (κ1) is 16.2. The lowest BCUT2D eigenvalue weighted by Gasteiger charge is -2.27. The summed E-state index contributed by atoms with van der Waals surface area (Å²) in [5.41, 5.74) is 0. The molecule has 0 spiro atoms. The molecule has 2 bridgehead atoms. The summed E-state index contributed by atoms with van der Waals surface area (Å²) in [7, 11) is -2.41. The van der Waals surface area contributed by atoms with Crippen molar-refractivity contribution in [3.8, 4) is 5.75 Å². The fraction of sp³-hybridized carbons (Fsp3) is 0.571. The first-order valence-electron chi connectivity index (χ1n) is 7.22. The lowest BCUT2D eigenvalue weighted by molar-refractivity contribution is 0.330. The molecule has 0 amide bonds. The number of ether oxygens (including phenoxy) is 1. The number of methoxy groups -OCH3 is 1. The maximum atomic E-state index is 13.9. The van der Waals surface area contributed by atoms with Gasteiger partial charge < -0.3 is 10.1 Å². The average Bonchev–Trinajstić information content (AvgIpc) is 2.75. The van der Waals surface area contributed by atoms with Crippen molar-refractivity contribution in [2.75, 3.05) is 20.2 Å². The van der Waals surface area contributed by atoms with Gasteiger partial charge >= 0.3 is 0 Å². The summed E-state index contributed by atoms with van der Waals surface area (Å²) in [5, 5.41) is 3.26. The zero-order valence-corrected chi connectivity index (χ0v) is 14.6. The molecule has 8 heteroatoms. The Labute approximate surface area is 138 Å². The van der Waals surface area contributed by atoms with Gasteiger partial charge in [0.05, 0.1) is 11.6 Å². The van der Waals surface area contributed by atoms with Crippen LogP contribution in [0.2, 0.25) is 0 Å². The van der Waals surface area contributed by atoms with E-state index in [9.17, 15) is 12.8 Å². The molecule has 2 unspecified atom stereocenters. The van der Waals surface area contributed by atoms with Crippen LogP contribution >= 0.6 is 15.9 Å². The van der Waals surface area contributed by atoms with Gasteiger partial charge in [0.25, 0.3) is 0 Å². The number of hydrogen-bond donors (Lipinski definition) is 1. The molecule has 0 aliphatic carbocycles. The van der Waals surface area contributed by atoms with Gasteiger partial charge in [-0.15, -0.1) is 0 Å². The topological polar surface area (TPSA) is 58.6 Å². The van der Waals surface area contributed by atoms with Gasteiger partial charge in [0, 0.05) is 18.6 Å². The molecule has 1 aromatic rings. The van der Waals surface area contributed by atoms with Crippen molar-refractivity contribution < 1.29 is 17.5 Å². The number of nitrogens with zero attached hydrogens (tertiary/aromatic N) is 1. The Bertz CT molecular complexity index is 669. The molecule has 0 saturated carbocycles. The van der Waals surface area contributed by atoms with Crippen molar-refractivity contribution in [1.29, 1.82) is 0 Å². The second-order valence-electron chi connectivity index (χ2n) is 5.63. The highest BCUT2D eigenvalue weighted by Crippen LogP contribution is 2.38. The second-order valence-corrected chi connectivity index (χ2v) is 8.30. The van der Waals surface area contributed by atoms with E-state index in [-0.39, 0.29) is 27.2 Å². The van der Waals surface area contributed by atoms with Gasteiger partial charge in [-0.2, -0.15) is 4.31 Å².